The summed E-state index contributed by atoms with van der Waals surface area (Å²) in [5.41, 5.74) is 12.2. The van der Waals surface area contributed by atoms with E-state index < -0.39 is 11.9 Å². The number of amides is 2. The SMILES string of the molecule is CN(Cc1ccc(C(N)=O)cc1)C(=O)[C@@H](N)C(C)(C)C. The van der Waals surface area contributed by atoms with E-state index in [-0.39, 0.29) is 11.3 Å². The van der Waals surface area contributed by atoms with Crippen molar-refractivity contribution in [2.45, 2.75) is 33.4 Å². The molecule has 20 heavy (non-hydrogen) atoms. The lowest BCUT2D eigenvalue weighted by Gasteiger charge is -2.30. The number of hydrogen-bond acceptors (Lipinski definition) is 3. The van der Waals surface area contributed by atoms with E-state index in [4.69, 9.17) is 11.5 Å². The average Bonchev–Trinajstić information content (AvgIpc) is 2.36. The highest BCUT2D eigenvalue weighted by Gasteiger charge is 2.29. The molecule has 1 atom stereocenters. The normalized spacial score (nSPS) is 12.8. The fraction of sp³-hybridized carbons (Fsp3) is 0.467. The van der Waals surface area contributed by atoms with Crippen LogP contribution in [-0.2, 0) is 11.3 Å². The summed E-state index contributed by atoms with van der Waals surface area (Å²) in [4.78, 5) is 24.8. The Kier molecular flexibility index (Phi) is 4.89. The van der Waals surface area contributed by atoms with Gasteiger partial charge in [-0.3, -0.25) is 9.59 Å². The van der Waals surface area contributed by atoms with E-state index in [9.17, 15) is 9.59 Å². The summed E-state index contributed by atoms with van der Waals surface area (Å²) in [6.45, 7) is 6.25. The lowest BCUT2D eigenvalue weighted by atomic mass is 9.86. The second kappa shape index (κ2) is 6.05. The van der Waals surface area contributed by atoms with Crippen LogP contribution < -0.4 is 11.5 Å². The van der Waals surface area contributed by atoms with Crippen molar-refractivity contribution in [2.24, 2.45) is 16.9 Å². The molecule has 0 unspecified atom stereocenters. The van der Waals surface area contributed by atoms with Gasteiger partial charge in [-0.25, -0.2) is 0 Å². The number of likely N-dealkylation sites (N-methyl/N-ethyl adjacent to an activating group) is 1. The van der Waals surface area contributed by atoms with E-state index in [1.807, 2.05) is 20.8 Å². The summed E-state index contributed by atoms with van der Waals surface area (Å²) in [5.74, 6) is -0.563. The van der Waals surface area contributed by atoms with Gasteiger partial charge in [0.25, 0.3) is 0 Å². The number of hydrogen-bond donors (Lipinski definition) is 2. The number of nitrogens with zero attached hydrogens (tertiary/aromatic N) is 1. The Hall–Kier alpha value is -1.88. The minimum atomic E-state index is -0.544. The molecule has 1 aromatic rings. The maximum absolute atomic E-state index is 12.2. The van der Waals surface area contributed by atoms with Crippen molar-refractivity contribution in [2.75, 3.05) is 7.05 Å². The van der Waals surface area contributed by atoms with Crippen LogP contribution in [0.25, 0.3) is 0 Å². The number of carbonyl (C=O) groups excluding carboxylic acids is 2. The Morgan fingerprint density at radius 1 is 1.20 bits per heavy atom. The maximum atomic E-state index is 12.2. The molecule has 0 saturated heterocycles. The van der Waals surface area contributed by atoms with Gasteiger partial charge in [-0.15, -0.1) is 0 Å². The Balaban J connectivity index is 2.73. The highest BCUT2D eigenvalue weighted by atomic mass is 16.2. The third kappa shape index (κ3) is 4.06. The van der Waals surface area contributed by atoms with Crippen LogP contribution in [0.2, 0.25) is 0 Å². The number of rotatable bonds is 4. The summed E-state index contributed by atoms with van der Waals surface area (Å²) >= 11 is 0. The van der Waals surface area contributed by atoms with E-state index in [1.165, 1.54) is 0 Å². The lowest BCUT2D eigenvalue weighted by molar-refractivity contribution is -0.134. The molecule has 1 aromatic carbocycles. The van der Waals surface area contributed by atoms with Gasteiger partial charge in [0.05, 0.1) is 6.04 Å². The van der Waals surface area contributed by atoms with Crippen LogP contribution in [0.4, 0.5) is 0 Å². The lowest BCUT2D eigenvalue weighted by Crippen LogP contribution is -2.48. The molecule has 110 valence electrons. The Labute approximate surface area is 119 Å². The van der Waals surface area contributed by atoms with Crippen molar-refractivity contribution < 1.29 is 9.59 Å². The summed E-state index contributed by atoms with van der Waals surface area (Å²) < 4.78 is 0. The predicted octanol–water partition coefficient (Wildman–Crippen LogP) is 1.12. The molecule has 0 spiro atoms. The first-order valence-corrected chi connectivity index (χ1v) is 6.52. The molecule has 0 heterocycles. The van der Waals surface area contributed by atoms with Gasteiger partial charge in [0.15, 0.2) is 0 Å². The first-order valence-electron chi connectivity index (χ1n) is 6.52. The molecule has 1 rings (SSSR count). The molecule has 0 aliphatic rings. The maximum Gasteiger partial charge on any atom is 0.248 e. The monoisotopic (exact) mass is 277 g/mol. The van der Waals surface area contributed by atoms with Crippen LogP contribution in [0.15, 0.2) is 24.3 Å². The zero-order valence-electron chi connectivity index (χ0n) is 12.5. The van der Waals surface area contributed by atoms with Gasteiger partial charge in [-0.1, -0.05) is 32.9 Å². The molecule has 0 aliphatic carbocycles. The van der Waals surface area contributed by atoms with Crippen LogP contribution in [0, 0.1) is 5.41 Å². The van der Waals surface area contributed by atoms with Crippen molar-refractivity contribution in [3.8, 4) is 0 Å². The zero-order valence-corrected chi connectivity index (χ0v) is 12.5. The first-order chi connectivity index (χ1) is 9.12. The molecule has 0 aromatic heterocycles. The molecular formula is C15H23N3O2. The Morgan fingerprint density at radius 2 is 1.70 bits per heavy atom. The highest BCUT2D eigenvalue weighted by molar-refractivity contribution is 5.92. The molecule has 5 nitrogen and oxygen atoms in total. The average molecular weight is 277 g/mol. The van der Waals surface area contributed by atoms with Crippen LogP contribution in [0.1, 0.15) is 36.7 Å². The molecular weight excluding hydrogens is 254 g/mol. The molecule has 5 heteroatoms. The van der Waals surface area contributed by atoms with Crippen molar-refractivity contribution in [1.29, 1.82) is 0 Å². The van der Waals surface area contributed by atoms with Crippen LogP contribution in [0.3, 0.4) is 0 Å². The molecule has 0 aliphatic heterocycles. The molecule has 2 amide bonds. The van der Waals surface area contributed by atoms with Gasteiger partial charge < -0.3 is 16.4 Å². The second-order valence-corrected chi connectivity index (χ2v) is 6.10. The first kappa shape index (κ1) is 16.2. The minimum absolute atomic E-state index is 0.100. The summed E-state index contributed by atoms with van der Waals surface area (Å²) in [6, 6.07) is 6.33. The minimum Gasteiger partial charge on any atom is -0.366 e. The summed E-state index contributed by atoms with van der Waals surface area (Å²) in [5, 5.41) is 0. The molecule has 0 bridgehead atoms. The van der Waals surface area contributed by atoms with Gasteiger partial charge in [0.2, 0.25) is 11.8 Å². The van der Waals surface area contributed by atoms with E-state index >= 15 is 0 Å². The van der Waals surface area contributed by atoms with Gasteiger partial charge >= 0.3 is 0 Å². The third-order valence-corrected chi connectivity index (χ3v) is 3.23. The number of carbonyl (C=O) groups is 2. The van der Waals surface area contributed by atoms with Gasteiger partial charge in [0, 0.05) is 19.2 Å². The summed E-state index contributed by atoms with van der Waals surface area (Å²) in [7, 11) is 1.72. The summed E-state index contributed by atoms with van der Waals surface area (Å²) in [6.07, 6.45) is 0. The van der Waals surface area contributed by atoms with E-state index in [2.05, 4.69) is 0 Å². The molecule has 0 saturated carbocycles. The zero-order chi connectivity index (χ0) is 15.5. The highest BCUT2D eigenvalue weighted by Crippen LogP contribution is 2.19. The van der Waals surface area contributed by atoms with Crippen molar-refractivity contribution in [1.82, 2.24) is 4.90 Å². The van der Waals surface area contributed by atoms with E-state index in [1.54, 1.807) is 36.2 Å². The molecule has 4 N–H and O–H groups in total. The predicted molar refractivity (Wildman–Crippen MR) is 78.9 cm³/mol. The van der Waals surface area contributed by atoms with Crippen LogP contribution in [0.5, 0.6) is 0 Å². The fourth-order valence-corrected chi connectivity index (χ4v) is 1.73. The standard InChI is InChI=1S/C15H23N3O2/c1-15(2,3)12(16)14(20)18(4)9-10-5-7-11(8-6-10)13(17)19/h5-8,12H,9,16H2,1-4H3,(H2,17,19)/t12-/m1/s1. The number of benzene rings is 1. The molecule has 0 fully saturated rings. The fourth-order valence-electron chi connectivity index (χ4n) is 1.73. The Bertz CT molecular complexity index is 489. The third-order valence-electron chi connectivity index (χ3n) is 3.23. The van der Waals surface area contributed by atoms with Crippen molar-refractivity contribution >= 4 is 11.8 Å². The quantitative estimate of drug-likeness (QED) is 0.864. The van der Waals surface area contributed by atoms with Crippen molar-refractivity contribution in [3.05, 3.63) is 35.4 Å². The van der Waals surface area contributed by atoms with Crippen molar-refractivity contribution in [3.63, 3.8) is 0 Å². The smallest absolute Gasteiger partial charge is 0.248 e. The van der Waals surface area contributed by atoms with Crippen LogP contribution in [-0.4, -0.2) is 29.8 Å². The Morgan fingerprint density at radius 3 is 2.10 bits per heavy atom. The van der Waals surface area contributed by atoms with Crippen LogP contribution >= 0.6 is 0 Å². The largest absolute Gasteiger partial charge is 0.366 e. The van der Waals surface area contributed by atoms with Gasteiger partial charge in [0.1, 0.15) is 0 Å². The van der Waals surface area contributed by atoms with Gasteiger partial charge in [-0.05, 0) is 23.1 Å². The molecule has 0 radical (unpaired) electrons. The van der Waals surface area contributed by atoms with Gasteiger partial charge in [-0.2, -0.15) is 0 Å². The van der Waals surface area contributed by atoms with E-state index in [0.717, 1.165) is 5.56 Å². The van der Waals surface area contributed by atoms with E-state index in [0.29, 0.717) is 12.1 Å². The number of nitrogens with two attached hydrogens (primary N) is 2. The number of primary amides is 1. The second-order valence-electron chi connectivity index (χ2n) is 6.10. The topological polar surface area (TPSA) is 89.4 Å².